The molecule has 10 heteroatoms. The number of morpholine rings is 1. The van der Waals surface area contributed by atoms with Crippen molar-refractivity contribution in [1.29, 1.82) is 0 Å². The Morgan fingerprint density at radius 3 is 2.97 bits per heavy atom. The minimum Gasteiger partial charge on any atom is -0.485 e. The number of amides is 1. The van der Waals surface area contributed by atoms with Gasteiger partial charge in [-0.25, -0.2) is 14.4 Å². The van der Waals surface area contributed by atoms with E-state index in [1.165, 1.54) is 24.5 Å². The molecule has 3 aromatic rings. The van der Waals surface area contributed by atoms with Crippen molar-refractivity contribution in [3.63, 3.8) is 0 Å². The summed E-state index contributed by atoms with van der Waals surface area (Å²) in [5, 5.41) is 9.85. The van der Waals surface area contributed by atoms with E-state index in [0.717, 1.165) is 6.54 Å². The van der Waals surface area contributed by atoms with Gasteiger partial charge in [-0.1, -0.05) is 25.1 Å². The first-order valence-corrected chi connectivity index (χ1v) is 11.3. The third kappa shape index (κ3) is 5.44. The molecule has 0 saturated carbocycles. The van der Waals surface area contributed by atoms with E-state index < -0.39 is 5.82 Å². The molecule has 1 saturated heterocycles. The van der Waals surface area contributed by atoms with E-state index in [4.69, 9.17) is 21.1 Å². The number of carbonyl (C=O) groups excluding carboxylic acids is 1. The van der Waals surface area contributed by atoms with Crippen LogP contribution in [0.25, 0.3) is 10.9 Å². The van der Waals surface area contributed by atoms with Crippen molar-refractivity contribution in [2.45, 2.75) is 25.6 Å². The molecule has 1 aliphatic rings. The van der Waals surface area contributed by atoms with E-state index in [1.807, 2.05) is 6.92 Å². The average molecular weight is 486 g/mol. The van der Waals surface area contributed by atoms with Gasteiger partial charge in [-0.2, -0.15) is 0 Å². The summed E-state index contributed by atoms with van der Waals surface area (Å²) in [4.78, 5) is 20.8. The number of carbonyl (C=O) groups is 1. The minimum absolute atomic E-state index is 0.0111. The van der Waals surface area contributed by atoms with E-state index in [-0.39, 0.29) is 23.1 Å². The Hall–Kier alpha value is -3.27. The summed E-state index contributed by atoms with van der Waals surface area (Å²) in [6, 6.07) is 7.76. The van der Waals surface area contributed by atoms with Crippen LogP contribution in [0, 0.1) is 5.82 Å². The van der Waals surface area contributed by atoms with E-state index in [2.05, 4.69) is 32.5 Å². The first-order valence-electron chi connectivity index (χ1n) is 10.9. The summed E-state index contributed by atoms with van der Waals surface area (Å²) in [7, 11) is 0. The SMILES string of the molecule is C=CC(=O)Nc1cc2c(Nc3ccc(F)c(Cl)c3)ncnc2cc1OC(CC)C1CNCCO1. The molecular weight excluding hydrogens is 461 g/mol. The van der Waals surface area contributed by atoms with E-state index in [0.29, 0.717) is 53.4 Å². The quantitative estimate of drug-likeness (QED) is 0.406. The van der Waals surface area contributed by atoms with Gasteiger partial charge in [-0.3, -0.25) is 4.79 Å². The van der Waals surface area contributed by atoms with Crippen LogP contribution < -0.4 is 20.7 Å². The molecule has 4 rings (SSSR count). The number of ether oxygens (including phenoxy) is 2. The molecule has 1 aromatic heterocycles. The zero-order valence-corrected chi connectivity index (χ0v) is 19.4. The first-order chi connectivity index (χ1) is 16.5. The van der Waals surface area contributed by atoms with Gasteiger partial charge < -0.3 is 25.4 Å². The van der Waals surface area contributed by atoms with Gasteiger partial charge >= 0.3 is 0 Å². The number of nitrogens with zero attached hydrogens (tertiary/aromatic N) is 2. The van der Waals surface area contributed by atoms with Crippen LogP contribution in [-0.4, -0.2) is 47.8 Å². The lowest BCUT2D eigenvalue weighted by Gasteiger charge is -2.31. The monoisotopic (exact) mass is 485 g/mol. The highest BCUT2D eigenvalue weighted by atomic mass is 35.5. The van der Waals surface area contributed by atoms with Crippen molar-refractivity contribution in [3.8, 4) is 5.75 Å². The molecule has 0 bridgehead atoms. The van der Waals surface area contributed by atoms with Crippen molar-refractivity contribution in [1.82, 2.24) is 15.3 Å². The second-order valence-corrected chi connectivity index (χ2v) is 8.12. The standard InChI is InChI=1S/C24H25ClFN5O3/c1-3-20(22-12-27-7-8-33-22)34-21-11-18-15(10-19(21)31-23(32)4-2)24(29-13-28-18)30-14-5-6-17(26)16(25)9-14/h4-6,9-11,13,20,22,27H,2-3,7-8,12H2,1H3,(H,31,32)(H,28,29,30). The number of hydrogen-bond acceptors (Lipinski definition) is 7. The number of aromatic nitrogens is 2. The Balaban J connectivity index is 1.72. The molecule has 2 atom stereocenters. The Labute approximate surface area is 201 Å². The van der Waals surface area contributed by atoms with Gasteiger partial charge in [-0.05, 0) is 36.8 Å². The maximum atomic E-state index is 13.6. The van der Waals surface area contributed by atoms with Crippen LogP contribution in [0.3, 0.4) is 0 Å². The summed E-state index contributed by atoms with van der Waals surface area (Å²) in [5.41, 5.74) is 1.58. The molecule has 1 amide bonds. The molecule has 2 unspecified atom stereocenters. The Morgan fingerprint density at radius 1 is 1.41 bits per heavy atom. The van der Waals surface area contributed by atoms with Crippen molar-refractivity contribution in [3.05, 3.63) is 60.2 Å². The maximum absolute atomic E-state index is 13.6. The second-order valence-electron chi connectivity index (χ2n) is 7.71. The molecule has 3 N–H and O–H groups in total. The topological polar surface area (TPSA) is 97.4 Å². The molecule has 0 radical (unpaired) electrons. The normalized spacial score (nSPS) is 16.6. The molecule has 178 valence electrons. The lowest BCUT2D eigenvalue weighted by molar-refractivity contribution is -0.111. The highest BCUT2D eigenvalue weighted by Crippen LogP contribution is 2.35. The molecule has 0 spiro atoms. The maximum Gasteiger partial charge on any atom is 0.247 e. The molecule has 2 aromatic carbocycles. The lowest BCUT2D eigenvalue weighted by atomic mass is 10.1. The van der Waals surface area contributed by atoms with Gasteiger partial charge in [-0.15, -0.1) is 0 Å². The number of halogens is 2. The number of rotatable bonds is 8. The minimum atomic E-state index is -0.515. The smallest absolute Gasteiger partial charge is 0.247 e. The summed E-state index contributed by atoms with van der Waals surface area (Å²) < 4.78 is 25.7. The van der Waals surface area contributed by atoms with Gasteiger partial charge in [0.1, 0.15) is 35.9 Å². The third-order valence-electron chi connectivity index (χ3n) is 5.41. The predicted molar refractivity (Wildman–Crippen MR) is 130 cm³/mol. The lowest BCUT2D eigenvalue weighted by Crippen LogP contribution is -2.47. The molecule has 0 aliphatic carbocycles. The van der Waals surface area contributed by atoms with Gasteiger partial charge in [0, 0.05) is 30.2 Å². The largest absolute Gasteiger partial charge is 0.485 e. The molecule has 2 heterocycles. The van der Waals surface area contributed by atoms with E-state index >= 15 is 0 Å². The molecular formula is C24H25ClFN5O3. The molecule has 1 aliphatic heterocycles. The van der Waals surface area contributed by atoms with E-state index in [1.54, 1.807) is 18.2 Å². The zero-order chi connectivity index (χ0) is 24.1. The first kappa shape index (κ1) is 23.9. The third-order valence-corrected chi connectivity index (χ3v) is 5.70. The van der Waals surface area contributed by atoms with Crippen molar-refractivity contribution < 1.29 is 18.7 Å². The van der Waals surface area contributed by atoms with Crippen molar-refractivity contribution in [2.24, 2.45) is 0 Å². The van der Waals surface area contributed by atoms with Crippen molar-refractivity contribution >= 4 is 45.6 Å². The average Bonchev–Trinajstić information content (AvgIpc) is 2.85. The van der Waals surface area contributed by atoms with Crippen molar-refractivity contribution in [2.75, 3.05) is 30.3 Å². The highest BCUT2D eigenvalue weighted by Gasteiger charge is 2.26. The predicted octanol–water partition coefficient (Wildman–Crippen LogP) is 4.44. The van der Waals surface area contributed by atoms with Crippen LogP contribution in [0.1, 0.15) is 13.3 Å². The fraction of sp³-hybridized carbons (Fsp3) is 0.292. The van der Waals surface area contributed by atoms with Gasteiger partial charge in [0.2, 0.25) is 5.91 Å². The van der Waals surface area contributed by atoms with Gasteiger partial charge in [0.05, 0.1) is 22.8 Å². The summed E-state index contributed by atoms with van der Waals surface area (Å²) >= 11 is 5.91. The number of fused-ring (bicyclic) bond motifs is 1. The van der Waals surface area contributed by atoms with Gasteiger partial charge in [0.15, 0.2) is 0 Å². The Morgan fingerprint density at radius 2 is 2.26 bits per heavy atom. The van der Waals surface area contributed by atoms with Gasteiger partial charge in [0.25, 0.3) is 0 Å². The zero-order valence-electron chi connectivity index (χ0n) is 18.6. The highest BCUT2D eigenvalue weighted by molar-refractivity contribution is 6.31. The van der Waals surface area contributed by atoms with E-state index in [9.17, 15) is 9.18 Å². The second kappa shape index (κ2) is 10.8. The van der Waals surface area contributed by atoms with Crippen LogP contribution in [0.4, 0.5) is 21.6 Å². The summed E-state index contributed by atoms with van der Waals surface area (Å²) in [6.45, 7) is 7.63. The molecule has 8 nitrogen and oxygen atoms in total. The molecule has 1 fully saturated rings. The summed E-state index contributed by atoms with van der Waals surface area (Å²) in [6.07, 6.45) is 2.95. The Bertz CT molecular complexity index is 1200. The van der Waals surface area contributed by atoms with Crippen LogP contribution in [-0.2, 0) is 9.53 Å². The summed E-state index contributed by atoms with van der Waals surface area (Å²) in [5.74, 6) is 0.0153. The fourth-order valence-electron chi connectivity index (χ4n) is 3.68. The van der Waals surface area contributed by atoms with Crippen LogP contribution in [0.5, 0.6) is 5.75 Å². The number of benzene rings is 2. The van der Waals surface area contributed by atoms with Crippen LogP contribution >= 0.6 is 11.6 Å². The Kier molecular flexibility index (Phi) is 7.56. The number of anilines is 3. The molecule has 34 heavy (non-hydrogen) atoms. The number of nitrogens with one attached hydrogen (secondary N) is 3. The van der Waals surface area contributed by atoms with Crippen LogP contribution in [0.15, 0.2) is 49.3 Å². The number of hydrogen-bond donors (Lipinski definition) is 3. The fourth-order valence-corrected chi connectivity index (χ4v) is 3.86. The van der Waals surface area contributed by atoms with Crippen LogP contribution in [0.2, 0.25) is 5.02 Å².